The van der Waals surface area contributed by atoms with E-state index in [2.05, 4.69) is 165 Å². The first kappa shape index (κ1) is 45.6. The fraction of sp³-hybridized carbons (Fsp3) is 0.319. The second-order valence-electron chi connectivity index (χ2n) is 13.5. The van der Waals surface area contributed by atoms with E-state index in [1.54, 1.807) is 0 Å². The van der Waals surface area contributed by atoms with E-state index in [9.17, 15) is 0 Å². The third-order valence-corrected chi connectivity index (χ3v) is 9.04. The van der Waals surface area contributed by atoms with Crippen LogP contribution in [0.15, 0.2) is 109 Å². The summed E-state index contributed by atoms with van der Waals surface area (Å²) in [5, 5.41) is 5.53. The van der Waals surface area contributed by atoms with Crippen LogP contribution in [0, 0.1) is 13.8 Å². The Hall–Kier alpha value is -2.45. The average Bonchev–Trinajstić information content (AvgIpc) is 3.71. The molecule has 0 fully saturated rings. The molecule has 0 aliphatic rings. The Morgan fingerprint density at radius 2 is 0.880 bits per heavy atom. The molecule has 0 N–H and O–H groups in total. The molecule has 50 heavy (non-hydrogen) atoms. The van der Waals surface area contributed by atoms with Gasteiger partial charge >= 0.3 is 0 Å². The van der Waals surface area contributed by atoms with Crippen molar-refractivity contribution in [2.24, 2.45) is 0 Å². The SMILES string of the molecule is CCCCc1cc2c(-c3ccc(C(C)C)cc3)cccc2[cH-]1.CCCCc1cc2c(-c3ccc(C(C)C)cc3)cccc2[cH-]1.[CH2-]C[CH2-].[Cl-].[Cl-].[Hf]. The van der Waals surface area contributed by atoms with Gasteiger partial charge in [0.15, 0.2) is 0 Å². The standard InChI is InChI=1S/2C22H25.C3H6.2ClH.Hf/c2*1-4-5-7-17-14-20-8-6-9-21(22(20)15-17)19-12-10-18(11-13-19)16(2)3;1-3-2;;;/h2*6,8-16H,4-5,7H2,1-3H3;1-3H2;2*1H;/q2*-1;-2;;;/p-2. The summed E-state index contributed by atoms with van der Waals surface area (Å²) in [6, 6.07) is 40.9. The first-order valence-corrected chi connectivity index (χ1v) is 17.9. The van der Waals surface area contributed by atoms with Gasteiger partial charge in [-0.05, 0) is 46.9 Å². The predicted octanol–water partition coefficient (Wildman–Crippen LogP) is 8.43. The van der Waals surface area contributed by atoms with Crippen LogP contribution in [0.3, 0.4) is 0 Å². The van der Waals surface area contributed by atoms with Gasteiger partial charge in [-0.3, -0.25) is 0 Å². The maximum absolute atomic E-state index is 3.38. The molecule has 0 unspecified atom stereocenters. The van der Waals surface area contributed by atoms with Crippen LogP contribution in [0.1, 0.15) is 108 Å². The van der Waals surface area contributed by atoms with Crippen molar-refractivity contribution < 1.29 is 50.7 Å². The predicted molar refractivity (Wildman–Crippen MR) is 211 cm³/mol. The van der Waals surface area contributed by atoms with Gasteiger partial charge in [-0.15, -0.1) is 69.1 Å². The van der Waals surface area contributed by atoms with Gasteiger partial charge in [-0.25, -0.2) is 0 Å². The second-order valence-corrected chi connectivity index (χ2v) is 13.5. The molecule has 0 aliphatic carbocycles. The molecule has 0 atom stereocenters. The molecule has 0 spiro atoms. The monoisotopic (exact) mass is 870 g/mol. The van der Waals surface area contributed by atoms with Crippen molar-refractivity contribution in [3.05, 3.63) is 145 Å². The van der Waals surface area contributed by atoms with E-state index in [0.717, 1.165) is 6.42 Å². The summed E-state index contributed by atoms with van der Waals surface area (Å²) in [5.74, 6) is 1.17. The van der Waals surface area contributed by atoms with Gasteiger partial charge in [0.1, 0.15) is 0 Å². The molecule has 0 radical (unpaired) electrons. The van der Waals surface area contributed by atoms with Gasteiger partial charge in [0.25, 0.3) is 0 Å². The Labute approximate surface area is 335 Å². The minimum Gasteiger partial charge on any atom is -1.00 e. The zero-order valence-electron chi connectivity index (χ0n) is 31.2. The zero-order valence-corrected chi connectivity index (χ0v) is 36.3. The quantitative estimate of drug-likeness (QED) is 0.0959. The molecule has 0 amide bonds. The topological polar surface area (TPSA) is 0 Å². The van der Waals surface area contributed by atoms with E-state index in [1.165, 1.54) is 105 Å². The van der Waals surface area contributed by atoms with Crippen LogP contribution in [-0.4, -0.2) is 0 Å². The first-order valence-electron chi connectivity index (χ1n) is 17.9. The number of halogens is 2. The molecule has 0 aromatic heterocycles. The van der Waals surface area contributed by atoms with Crippen LogP contribution in [0.2, 0.25) is 0 Å². The summed E-state index contributed by atoms with van der Waals surface area (Å²) < 4.78 is 0. The Balaban J connectivity index is 0.000000439. The van der Waals surface area contributed by atoms with Crippen LogP contribution in [0.5, 0.6) is 0 Å². The Morgan fingerprint density at radius 1 is 0.540 bits per heavy atom. The van der Waals surface area contributed by atoms with E-state index in [1.807, 2.05) is 0 Å². The molecule has 0 nitrogen and oxygen atoms in total. The summed E-state index contributed by atoms with van der Waals surface area (Å²) in [5.41, 5.74) is 11.1. The molecule has 6 rings (SSSR count). The third-order valence-electron chi connectivity index (χ3n) is 9.04. The van der Waals surface area contributed by atoms with Gasteiger partial charge < -0.3 is 45.1 Å². The molecule has 0 saturated carbocycles. The van der Waals surface area contributed by atoms with Gasteiger partial charge in [-0.1, -0.05) is 139 Å². The van der Waals surface area contributed by atoms with E-state index in [4.69, 9.17) is 0 Å². The fourth-order valence-electron chi connectivity index (χ4n) is 6.24. The second kappa shape index (κ2) is 23.2. The number of fused-ring (bicyclic) bond motifs is 2. The van der Waals surface area contributed by atoms with Crippen LogP contribution < -0.4 is 24.8 Å². The van der Waals surface area contributed by atoms with Crippen molar-refractivity contribution in [3.63, 3.8) is 0 Å². The number of rotatable bonds is 10. The van der Waals surface area contributed by atoms with E-state index in [-0.39, 0.29) is 50.7 Å². The van der Waals surface area contributed by atoms with E-state index >= 15 is 0 Å². The number of hydrogen-bond donors (Lipinski definition) is 0. The van der Waals surface area contributed by atoms with Crippen molar-refractivity contribution in [2.75, 3.05) is 0 Å². The van der Waals surface area contributed by atoms with Gasteiger partial charge in [0, 0.05) is 25.8 Å². The number of benzene rings is 4. The molecule has 0 heterocycles. The van der Waals surface area contributed by atoms with Crippen LogP contribution in [0.4, 0.5) is 0 Å². The maximum atomic E-state index is 3.38. The number of hydrogen-bond acceptors (Lipinski definition) is 0. The van der Waals surface area contributed by atoms with Crippen molar-refractivity contribution >= 4 is 21.5 Å². The summed E-state index contributed by atoms with van der Waals surface area (Å²) in [6.07, 6.45) is 8.19. The molecule has 0 bridgehead atoms. The Morgan fingerprint density at radius 3 is 1.18 bits per heavy atom. The molecule has 0 saturated heterocycles. The molecule has 6 aromatic rings. The van der Waals surface area contributed by atoms with Gasteiger partial charge in [0.05, 0.1) is 0 Å². The van der Waals surface area contributed by atoms with Gasteiger partial charge in [0.2, 0.25) is 0 Å². The molecular weight excluding hydrogens is 814 g/mol. The summed E-state index contributed by atoms with van der Waals surface area (Å²) in [4.78, 5) is 0. The molecule has 3 heteroatoms. The Bertz CT molecular complexity index is 1650. The fourth-order valence-corrected chi connectivity index (χ4v) is 6.24. The van der Waals surface area contributed by atoms with Crippen LogP contribution in [-0.2, 0) is 38.7 Å². The van der Waals surface area contributed by atoms with Gasteiger partial charge in [-0.2, -0.15) is 12.1 Å². The van der Waals surface area contributed by atoms with Crippen LogP contribution >= 0.6 is 0 Å². The molecular formula is C47H56Cl2Hf-6. The first-order chi connectivity index (χ1) is 22.8. The molecule has 6 aromatic carbocycles. The van der Waals surface area contributed by atoms with Crippen LogP contribution in [0.25, 0.3) is 43.8 Å². The largest absolute Gasteiger partial charge is 1.00 e. The minimum atomic E-state index is 0. The average molecular weight is 870 g/mol. The number of aryl methyl sites for hydroxylation is 2. The van der Waals surface area contributed by atoms with E-state index in [0.29, 0.717) is 11.8 Å². The maximum Gasteiger partial charge on any atom is 0 e. The van der Waals surface area contributed by atoms with Crippen molar-refractivity contribution in [1.82, 2.24) is 0 Å². The zero-order chi connectivity index (χ0) is 33.8. The summed E-state index contributed by atoms with van der Waals surface area (Å²) in [7, 11) is 0. The van der Waals surface area contributed by atoms with Crippen molar-refractivity contribution in [3.8, 4) is 22.3 Å². The third kappa shape index (κ3) is 12.4. The Kier molecular flexibility index (Phi) is 21.1. The van der Waals surface area contributed by atoms with Crippen molar-refractivity contribution in [2.45, 2.75) is 98.3 Å². The summed E-state index contributed by atoms with van der Waals surface area (Å²) in [6.45, 7) is 20.2. The molecule has 268 valence electrons. The number of unbranched alkanes of at least 4 members (excludes halogenated alkanes) is 2. The van der Waals surface area contributed by atoms with E-state index < -0.39 is 0 Å². The summed E-state index contributed by atoms with van der Waals surface area (Å²) >= 11 is 0. The normalized spacial score (nSPS) is 10.4. The van der Waals surface area contributed by atoms with Crippen molar-refractivity contribution in [1.29, 1.82) is 0 Å². The molecule has 0 aliphatic heterocycles. The smallest absolute Gasteiger partial charge is 0 e. The minimum absolute atomic E-state index is 0.